The fourth-order valence-corrected chi connectivity index (χ4v) is 0.827. The van der Waals surface area contributed by atoms with E-state index in [-0.39, 0.29) is 35.1 Å². The van der Waals surface area contributed by atoms with E-state index < -0.39 is 23.7 Å². The van der Waals surface area contributed by atoms with Crippen molar-refractivity contribution in [1.29, 1.82) is 0 Å². The number of carboxylic acid groups (broad SMARTS) is 1. The number of phenolic OH excluding ortho intramolecular Hbond substituents is 1. The first kappa shape index (κ1) is 14.6. The normalized spacial score (nSPS) is 8.75. The largest absolute Gasteiger partial charge is 1.00 e. The number of esters is 2. The molecule has 7 heteroatoms. The number of carbonyl (C=O) groups excluding carboxylic acids is 3. The third-order valence-electron chi connectivity index (χ3n) is 1.48. The van der Waals surface area contributed by atoms with Crippen LogP contribution in [-0.4, -0.2) is 23.0 Å². The summed E-state index contributed by atoms with van der Waals surface area (Å²) >= 11 is 0. The van der Waals surface area contributed by atoms with Crippen molar-refractivity contribution in [1.82, 2.24) is 0 Å². The van der Waals surface area contributed by atoms with Crippen LogP contribution in [0.15, 0.2) is 24.3 Å². The van der Waals surface area contributed by atoms with Crippen molar-refractivity contribution in [2.24, 2.45) is 0 Å². The fraction of sp³-hybridized carbons (Fsp3) is 0. The maximum Gasteiger partial charge on any atom is 1.00 e. The summed E-state index contributed by atoms with van der Waals surface area (Å²) in [5.41, 5.74) is -0.299. The molecule has 0 spiro atoms. The van der Waals surface area contributed by atoms with Gasteiger partial charge in [-0.2, -0.15) is 0 Å². The number of para-hydroxylation sites is 1. The second kappa shape index (κ2) is 6.26. The summed E-state index contributed by atoms with van der Waals surface area (Å²) in [7, 11) is 0. The van der Waals surface area contributed by atoms with Gasteiger partial charge in [0.15, 0.2) is 5.97 Å². The van der Waals surface area contributed by atoms with Gasteiger partial charge in [0.2, 0.25) is 0 Å². The minimum Gasteiger partial charge on any atom is -0.539 e. The van der Waals surface area contributed by atoms with Crippen LogP contribution in [0.5, 0.6) is 5.75 Å². The third-order valence-corrected chi connectivity index (χ3v) is 1.48. The average molecular weight is 232 g/mol. The molecule has 0 radical (unpaired) electrons. The van der Waals surface area contributed by atoms with Crippen LogP contribution in [0.2, 0.25) is 0 Å². The summed E-state index contributed by atoms with van der Waals surface area (Å²) in [6, 6.07) is 5.24. The molecule has 0 atom stereocenters. The number of aliphatic carboxylic acids is 1. The zero-order valence-electron chi connectivity index (χ0n) is 8.30. The van der Waals surface area contributed by atoms with Crippen molar-refractivity contribution in [3.8, 4) is 5.75 Å². The molecule has 0 aromatic heterocycles. The number of aromatic hydroxyl groups is 1. The summed E-state index contributed by atoms with van der Waals surface area (Å²) < 4.78 is 3.88. The van der Waals surface area contributed by atoms with Crippen molar-refractivity contribution >= 4 is 17.9 Å². The Morgan fingerprint density at radius 2 is 1.75 bits per heavy atom. The summed E-state index contributed by atoms with van der Waals surface area (Å²) in [5, 5.41) is 19.1. The Labute approximate surface area is 112 Å². The quantitative estimate of drug-likeness (QED) is 0.228. The molecule has 1 aromatic carbocycles. The molecule has 1 aromatic rings. The summed E-state index contributed by atoms with van der Waals surface area (Å²) in [4.78, 5) is 31.5. The molecule has 0 amide bonds. The van der Waals surface area contributed by atoms with Gasteiger partial charge in [-0.05, 0) is 12.1 Å². The van der Waals surface area contributed by atoms with E-state index in [4.69, 9.17) is 5.11 Å². The molecule has 0 unspecified atom stereocenters. The van der Waals surface area contributed by atoms with E-state index in [1.165, 1.54) is 24.3 Å². The minimum absolute atomic E-state index is 0. The monoisotopic (exact) mass is 232 g/mol. The van der Waals surface area contributed by atoms with E-state index in [0.29, 0.717) is 0 Å². The standard InChI is InChI=1S/C9H6O6.Na/c10-6-4-2-1-3-5(6)8(13)15-9(14)7(11)12;/h1-4,10H,(H,11,12);/q;+1/p-1. The number of benzene rings is 1. The van der Waals surface area contributed by atoms with E-state index in [1.807, 2.05) is 0 Å². The maximum absolute atomic E-state index is 11.1. The van der Waals surface area contributed by atoms with Crippen LogP contribution in [0.1, 0.15) is 10.4 Å². The molecule has 0 aliphatic carbocycles. The van der Waals surface area contributed by atoms with Crippen molar-refractivity contribution in [2.45, 2.75) is 0 Å². The van der Waals surface area contributed by atoms with Gasteiger partial charge in [-0.3, -0.25) is 0 Å². The Morgan fingerprint density at radius 3 is 2.25 bits per heavy atom. The molecule has 0 saturated carbocycles. The Balaban J connectivity index is 0.00000225. The van der Waals surface area contributed by atoms with Crippen LogP contribution in [0.3, 0.4) is 0 Å². The number of carboxylic acids is 1. The van der Waals surface area contributed by atoms with Gasteiger partial charge in [-0.25, -0.2) is 9.59 Å². The Morgan fingerprint density at radius 1 is 1.19 bits per heavy atom. The summed E-state index contributed by atoms with van der Waals surface area (Å²) in [6.45, 7) is 0. The van der Waals surface area contributed by atoms with E-state index >= 15 is 0 Å². The predicted molar refractivity (Wildman–Crippen MR) is 43.5 cm³/mol. The van der Waals surface area contributed by atoms with Gasteiger partial charge in [0.25, 0.3) is 0 Å². The van der Waals surface area contributed by atoms with Gasteiger partial charge in [-0.1, -0.05) is 12.1 Å². The van der Waals surface area contributed by atoms with E-state index in [0.717, 1.165) is 0 Å². The first-order valence-electron chi connectivity index (χ1n) is 3.78. The summed E-state index contributed by atoms with van der Waals surface area (Å²) in [6.07, 6.45) is 0. The number of rotatable bonds is 1. The SMILES string of the molecule is O=C([O-])C(=O)OC(=O)c1ccccc1O.[Na+]. The molecular weight excluding hydrogens is 227 g/mol. The molecule has 0 aliphatic rings. The van der Waals surface area contributed by atoms with Crippen LogP contribution < -0.4 is 34.7 Å². The number of ether oxygens (including phenoxy) is 1. The van der Waals surface area contributed by atoms with Crippen molar-refractivity contribution in [3.05, 3.63) is 29.8 Å². The molecule has 0 heterocycles. The van der Waals surface area contributed by atoms with Crippen molar-refractivity contribution in [2.75, 3.05) is 0 Å². The van der Waals surface area contributed by atoms with Crippen LogP contribution >= 0.6 is 0 Å². The van der Waals surface area contributed by atoms with Gasteiger partial charge in [-0.15, -0.1) is 0 Å². The van der Waals surface area contributed by atoms with Crippen molar-refractivity contribution in [3.63, 3.8) is 0 Å². The molecule has 0 aliphatic heterocycles. The average Bonchev–Trinajstić information content (AvgIpc) is 2.18. The van der Waals surface area contributed by atoms with E-state index in [2.05, 4.69) is 4.74 Å². The molecule has 0 bridgehead atoms. The molecule has 16 heavy (non-hydrogen) atoms. The second-order valence-corrected chi connectivity index (χ2v) is 2.48. The zero-order valence-corrected chi connectivity index (χ0v) is 10.3. The number of phenols is 1. The molecule has 0 saturated heterocycles. The minimum atomic E-state index is -2.13. The molecule has 0 fully saturated rings. The molecule has 78 valence electrons. The Kier molecular flexibility index (Phi) is 5.73. The molecule has 1 rings (SSSR count). The second-order valence-electron chi connectivity index (χ2n) is 2.48. The van der Waals surface area contributed by atoms with Crippen molar-refractivity contribution < 1.29 is 58.9 Å². The van der Waals surface area contributed by atoms with E-state index in [9.17, 15) is 19.5 Å². The smallest absolute Gasteiger partial charge is 0.539 e. The Bertz CT molecular complexity index is 428. The number of hydrogen-bond donors (Lipinski definition) is 1. The molecular formula is C9H5NaO6. The molecule has 6 nitrogen and oxygen atoms in total. The van der Waals surface area contributed by atoms with E-state index in [1.54, 1.807) is 0 Å². The number of carbonyl (C=O) groups is 3. The first-order chi connectivity index (χ1) is 7.02. The van der Waals surface area contributed by atoms with Crippen LogP contribution in [0.4, 0.5) is 0 Å². The van der Waals surface area contributed by atoms with Gasteiger partial charge in [0, 0.05) is 0 Å². The maximum atomic E-state index is 11.1. The fourth-order valence-electron chi connectivity index (χ4n) is 0.827. The van der Waals surface area contributed by atoms with Gasteiger partial charge in [0.1, 0.15) is 11.3 Å². The van der Waals surface area contributed by atoms with Gasteiger partial charge < -0.3 is 19.7 Å². The molecule has 1 N–H and O–H groups in total. The zero-order chi connectivity index (χ0) is 11.4. The first-order valence-corrected chi connectivity index (χ1v) is 3.78. The predicted octanol–water partition coefficient (Wildman–Crippen LogP) is -4.17. The van der Waals surface area contributed by atoms with Crippen LogP contribution in [0, 0.1) is 0 Å². The Hall–Kier alpha value is -1.37. The topological polar surface area (TPSA) is 104 Å². The summed E-state index contributed by atoms with van der Waals surface area (Å²) in [5.74, 6) is -5.59. The van der Waals surface area contributed by atoms with Gasteiger partial charge >= 0.3 is 41.5 Å². The van der Waals surface area contributed by atoms with Crippen LogP contribution in [0.25, 0.3) is 0 Å². The number of hydrogen-bond acceptors (Lipinski definition) is 6. The van der Waals surface area contributed by atoms with Gasteiger partial charge in [0.05, 0.1) is 0 Å². The third kappa shape index (κ3) is 3.65. The van der Waals surface area contributed by atoms with Crippen LogP contribution in [-0.2, 0) is 14.3 Å².